The SMILES string of the molecule is Cc1cc(/C(O)=C2\C(=O)C(=O)N(c3cc(F)ccc3F)C2c2cccc(O)c2)ccc1OCc1ccccc1. The molecule has 196 valence electrons. The second kappa shape index (κ2) is 10.4. The molecule has 1 heterocycles. The Hall–Kier alpha value is -4.98. The lowest BCUT2D eigenvalue weighted by atomic mass is 9.94. The Kier molecular flexibility index (Phi) is 6.85. The number of hydrogen-bond donors (Lipinski definition) is 2. The van der Waals surface area contributed by atoms with Crippen molar-refractivity contribution in [2.75, 3.05) is 4.90 Å². The molecule has 4 aromatic carbocycles. The van der Waals surface area contributed by atoms with Gasteiger partial charge in [0.05, 0.1) is 17.3 Å². The zero-order valence-electron chi connectivity index (χ0n) is 20.8. The normalized spacial score (nSPS) is 16.5. The van der Waals surface area contributed by atoms with E-state index in [9.17, 15) is 28.6 Å². The van der Waals surface area contributed by atoms with E-state index in [0.29, 0.717) is 17.9 Å². The number of nitrogens with zero attached hydrogens (tertiary/aromatic N) is 1. The minimum Gasteiger partial charge on any atom is -0.508 e. The number of rotatable bonds is 6. The monoisotopic (exact) mass is 527 g/mol. The molecule has 0 saturated carbocycles. The Morgan fingerprint density at radius 1 is 0.923 bits per heavy atom. The number of phenols is 1. The Morgan fingerprint density at radius 2 is 1.69 bits per heavy atom. The van der Waals surface area contributed by atoms with E-state index in [0.717, 1.165) is 28.7 Å². The average molecular weight is 528 g/mol. The molecular weight excluding hydrogens is 504 g/mol. The van der Waals surface area contributed by atoms with Crippen LogP contribution in [0, 0.1) is 18.6 Å². The molecule has 0 bridgehead atoms. The highest BCUT2D eigenvalue weighted by Crippen LogP contribution is 2.44. The number of benzene rings is 4. The van der Waals surface area contributed by atoms with Crippen LogP contribution in [0.25, 0.3) is 5.76 Å². The van der Waals surface area contributed by atoms with Gasteiger partial charge < -0.3 is 14.9 Å². The first-order chi connectivity index (χ1) is 18.7. The van der Waals surface area contributed by atoms with Crippen molar-refractivity contribution in [3.63, 3.8) is 0 Å². The molecule has 8 heteroatoms. The van der Waals surface area contributed by atoms with Crippen molar-refractivity contribution >= 4 is 23.1 Å². The maximum Gasteiger partial charge on any atom is 0.300 e. The van der Waals surface area contributed by atoms with Crippen molar-refractivity contribution in [3.05, 3.63) is 130 Å². The summed E-state index contributed by atoms with van der Waals surface area (Å²) in [5.41, 5.74) is 1.28. The number of ketones is 1. The predicted octanol–water partition coefficient (Wildman–Crippen LogP) is 6.18. The highest BCUT2D eigenvalue weighted by molar-refractivity contribution is 6.51. The third-order valence-corrected chi connectivity index (χ3v) is 6.48. The van der Waals surface area contributed by atoms with Gasteiger partial charge >= 0.3 is 0 Å². The highest BCUT2D eigenvalue weighted by atomic mass is 19.1. The van der Waals surface area contributed by atoms with Crippen LogP contribution in [0.1, 0.15) is 28.3 Å². The lowest BCUT2D eigenvalue weighted by Crippen LogP contribution is -2.30. The molecule has 0 spiro atoms. The number of halogens is 2. The molecule has 1 unspecified atom stereocenters. The Balaban J connectivity index is 1.59. The summed E-state index contributed by atoms with van der Waals surface area (Å²) in [5, 5.41) is 21.4. The van der Waals surface area contributed by atoms with Crippen molar-refractivity contribution in [3.8, 4) is 11.5 Å². The number of aliphatic hydroxyl groups excluding tert-OH is 1. The molecule has 1 atom stereocenters. The van der Waals surface area contributed by atoms with Crippen LogP contribution < -0.4 is 9.64 Å². The molecule has 6 nitrogen and oxygen atoms in total. The number of anilines is 1. The first-order valence-corrected chi connectivity index (χ1v) is 12.1. The summed E-state index contributed by atoms with van der Waals surface area (Å²) >= 11 is 0. The number of phenolic OH excluding ortho intramolecular Hbond substituents is 1. The lowest BCUT2D eigenvalue weighted by Gasteiger charge is -2.26. The number of ether oxygens (including phenoxy) is 1. The van der Waals surface area contributed by atoms with Gasteiger partial charge in [0.25, 0.3) is 11.7 Å². The third-order valence-electron chi connectivity index (χ3n) is 6.48. The lowest BCUT2D eigenvalue weighted by molar-refractivity contribution is -0.132. The number of carbonyl (C=O) groups is 2. The molecule has 39 heavy (non-hydrogen) atoms. The predicted molar refractivity (Wildman–Crippen MR) is 141 cm³/mol. The van der Waals surface area contributed by atoms with E-state index < -0.39 is 40.8 Å². The summed E-state index contributed by atoms with van der Waals surface area (Å²) in [6, 6.07) is 21.2. The molecule has 1 amide bonds. The van der Waals surface area contributed by atoms with Crippen molar-refractivity contribution in [1.29, 1.82) is 0 Å². The van der Waals surface area contributed by atoms with Crippen LogP contribution in [-0.2, 0) is 16.2 Å². The number of aromatic hydroxyl groups is 1. The second-order valence-electron chi connectivity index (χ2n) is 9.11. The van der Waals surface area contributed by atoms with Gasteiger partial charge in [0, 0.05) is 11.6 Å². The standard InChI is InChI=1S/C31H23F2NO5/c1-18-14-21(10-13-26(18)39-17-19-6-3-2-4-7-19)29(36)27-28(20-8-5-9-23(35)15-20)34(31(38)30(27)37)25-16-22(32)11-12-24(25)33/h2-16,28,35-36H,17H2,1H3/b29-27+. The van der Waals surface area contributed by atoms with Crippen molar-refractivity contribution in [1.82, 2.24) is 0 Å². The van der Waals surface area contributed by atoms with Gasteiger partial charge in [-0.2, -0.15) is 0 Å². The third kappa shape index (κ3) is 4.96. The van der Waals surface area contributed by atoms with E-state index in [-0.39, 0.29) is 22.4 Å². The van der Waals surface area contributed by atoms with Gasteiger partial charge in [-0.1, -0.05) is 42.5 Å². The fourth-order valence-electron chi connectivity index (χ4n) is 4.61. The fraction of sp³-hybridized carbons (Fsp3) is 0.0968. The zero-order valence-corrected chi connectivity index (χ0v) is 20.8. The maximum absolute atomic E-state index is 14.8. The number of aliphatic hydroxyl groups is 1. The molecule has 1 aliphatic rings. The van der Waals surface area contributed by atoms with E-state index >= 15 is 0 Å². The van der Waals surface area contributed by atoms with Gasteiger partial charge in [0.15, 0.2) is 0 Å². The molecule has 1 saturated heterocycles. The number of aryl methyl sites for hydroxylation is 1. The van der Waals surface area contributed by atoms with Crippen LogP contribution in [0.15, 0.2) is 96.6 Å². The summed E-state index contributed by atoms with van der Waals surface area (Å²) < 4.78 is 34.8. The Bertz CT molecular complexity index is 1620. The van der Waals surface area contributed by atoms with Crippen LogP contribution in [0.4, 0.5) is 14.5 Å². The summed E-state index contributed by atoms with van der Waals surface area (Å²) in [7, 11) is 0. The molecule has 4 aromatic rings. The first-order valence-electron chi connectivity index (χ1n) is 12.1. The summed E-state index contributed by atoms with van der Waals surface area (Å²) in [6.07, 6.45) is 0. The minimum absolute atomic E-state index is 0.173. The quantitative estimate of drug-likeness (QED) is 0.178. The van der Waals surface area contributed by atoms with Gasteiger partial charge in [0.1, 0.15) is 35.5 Å². The zero-order chi connectivity index (χ0) is 27.7. The van der Waals surface area contributed by atoms with Gasteiger partial charge in [0.2, 0.25) is 0 Å². The van der Waals surface area contributed by atoms with E-state index in [1.807, 2.05) is 30.3 Å². The molecule has 5 rings (SSSR count). The molecule has 0 aromatic heterocycles. The van der Waals surface area contributed by atoms with Crippen LogP contribution >= 0.6 is 0 Å². The van der Waals surface area contributed by atoms with Crippen LogP contribution in [-0.4, -0.2) is 21.9 Å². The van der Waals surface area contributed by atoms with Crippen LogP contribution in [0.5, 0.6) is 11.5 Å². The fourth-order valence-corrected chi connectivity index (χ4v) is 4.61. The molecule has 1 fully saturated rings. The summed E-state index contributed by atoms with van der Waals surface area (Å²) in [5.74, 6) is -4.08. The van der Waals surface area contributed by atoms with Gasteiger partial charge in [-0.05, 0) is 66.1 Å². The van der Waals surface area contributed by atoms with E-state index in [2.05, 4.69) is 0 Å². The number of carbonyl (C=O) groups excluding carboxylic acids is 2. The summed E-state index contributed by atoms with van der Waals surface area (Å²) in [4.78, 5) is 27.2. The van der Waals surface area contributed by atoms with Crippen LogP contribution in [0.3, 0.4) is 0 Å². The molecular formula is C31H23F2NO5. The average Bonchev–Trinajstić information content (AvgIpc) is 3.19. The molecule has 1 aliphatic heterocycles. The largest absolute Gasteiger partial charge is 0.508 e. The minimum atomic E-state index is -1.33. The maximum atomic E-state index is 14.8. The first kappa shape index (κ1) is 25.7. The number of amides is 1. The van der Waals surface area contributed by atoms with E-state index in [1.165, 1.54) is 24.3 Å². The van der Waals surface area contributed by atoms with Gasteiger partial charge in [-0.3, -0.25) is 14.5 Å². The van der Waals surface area contributed by atoms with E-state index in [1.54, 1.807) is 25.1 Å². The van der Waals surface area contributed by atoms with Crippen molar-refractivity contribution in [2.24, 2.45) is 0 Å². The van der Waals surface area contributed by atoms with Crippen molar-refractivity contribution in [2.45, 2.75) is 19.6 Å². The van der Waals surface area contributed by atoms with Crippen molar-refractivity contribution < 1.29 is 33.3 Å². The Morgan fingerprint density at radius 3 is 2.41 bits per heavy atom. The molecule has 0 radical (unpaired) electrons. The van der Waals surface area contributed by atoms with Gasteiger partial charge in [-0.15, -0.1) is 0 Å². The summed E-state index contributed by atoms with van der Waals surface area (Å²) in [6.45, 7) is 2.10. The smallest absolute Gasteiger partial charge is 0.300 e. The van der Waals surface area contributed by atoms with Crippen LogP contribution in [0.2, 0.25) is 0 Å². The molecule has 0 aliphatic carbocycles. The topological polar surface area (TPSA) is 87.1 Å². The molecule has 2 N–H and O–H groups in total. The number of Topliss-reactive ketones (excluding diaryl/α,β-unsaturated/α-hetero) is 1. The Labute approximate surface area is 223 Å². The number of hydrogen-bond acceptors (Lipinski definition) is 5. The van der Waals surface area contributed by atoms with E-state index in [4.69, 9.17) is 4.74 Å². The van der Waals surface area contributed by atoms with Gasteiger partial charge in [-0.25, -0.2) is 8.78 Å². The highest BCUT2D eigenvalue weighted by Gasteiger charge is 2.48. The second-order valence-corrected chi connectivity index (χ2v) is 9.11.